The van der Waals surface area contributed by atoms with Crippen molar-refractivity contribution in [2.45, 2.75) is 19.9 Å². The molecule has 3 heterocycles. The molecular formula is C18H23IN4OS2. The zero-order chi connectivity index (χ0) is 17.5. The van der Waals surface area contributed by atoms with Gasteiger partial charge in [0.2, 0.25) is 5.89 Å². The van der Waals surface area contributed by atoms with E-state index in [4.69, 9.17) is 4.42 Å². The van der Waals surface area contributed by atoms with Gasteiger partial charge in [-0.1, -0.05) is 19.1 Å². The van der Waals surface area contributed by atoms with Crippen molar-refractivity contribution >= 4 is 52.6 Å². The van der Waals surface area contributed by atoms with Crippen molar-refractivity contribution in [2.24, 2.45) is 10.9 Å². The summed E-state index contributed by atoms with van der Waals surface area (Å²) < 4.78 is 5.53. The summed E-state index contributed by atoms with van der Waals surface area (Å²) in [7, 11) is 1.78. The third kappa shape index (κ3) is 6.10. The highest BCUT2D eigenvalue weighted by Crippen LogP contribution is 2.23. The molecule has 3 aromatic heterocycles. The van der Waals surface area contributed by atoms with Gasteiger partial charge in [-0.05, 0) is 35.2 Å². The fraction of sp³-hybridized carbons (Fsp3) is 0.333. The Morgan fingerprint density at radius 2 is 2.04 bits per heavy atom. The van der Waals surface area contributed by atoms with Crippen LogP contribution in [0.3, 0.4) is 0 Å². The normalized spacial score (nSPS) is 12.5. The Balaban J connectivity index is 0.00000243. The molecule has 0 saturated carbocycles. The van der Waals surface area contributed by atoms with Crippen LogP contribution < -0.4 is 10.6 Å². The van der Waals surface area contributed by atoms with Gasteiger partial charge >= 0.3 is 0 Å². The summed E-state index contributed by atoms with van der Waals surface area (Å²) >= 11 is 3.43. The number of oxazole rings is 1. The highest BCUT2D eigenvalue weighted by molar-refractivity contribution is 14.0. The second-order valence-corrected chi connectivity index (χ2v) is 7.80. The van der Waals surface area contributed by atoms with Crippen LogP contribution in [0.25, 0.3) is 10.8 Å². The summed E-state index contributed by atoms with van der Waals surface area (Å²) in [6, 6.07) is 8.28. The first-order valence-electron chi connectivity index (χ1n) is 8.19. The Morgan fingerprint density at radius 3 is 2.73 bits per heavy atom. The van der Waals surface area contributed by atoms with Crippen molar-refractivity contribution in [2.75, 3.05) is 13.6 Å². The largest absolute Gasteiger partial charge is 0.443 e. The third-order valence-corrected chi connectivity index (χ3v) is 5.45. The van der Waals surface area contributed by atoms with Crippen LogP contribution in [0.15, 0.2) is 50.7 Å². The lowest BCUT2D eigenvalue weighted by atomic mass is 10.1. The van der Waals surface area contributed by atoms with Crippen molar-refractivity contribution in [1.29, 1.82) is 0 Å². The van der Waals surface area contributed by atoms with Crippen LogP contribution in [0.5, 0.6) is 0 Å². The molecule has 5 nitrogen and oxygen atoms in total. The minimum atomic E-state index is 0. The molecule has 0 aliphatic rings. The van der Waals surface area contributed by atoms with E-state index in [0.717, 1.165) is 29.5 Å². The number of guanidine groups is 1. The maximum absolute atomic E-state index is 5.53. The number of aliphatic imine (C=N–C) groups is 1. The van der Waals surface area contributed by atoms with Crippen LogP contribution in [0.4, 0.5) is 0 Å². The first-order chi connectivity index (χ1) is 12.2. The molecular weight excluding hydrogens is 479 g/mol. The van der Waals surface area contributed by atoms with Crippen LogP contribution in [0.2, 0.25) is 0 Å². The van der Waals surface area contributed by atoms with Crippen LogP contribution in [-0.4, -0.2) is 24.5 Å². The molecule has 0 radical (unpaired) electrons. The molecule has 2 N–H and O–H groups in total. The SMILES string of the molecule is CN=C(NCc1coc(-c2cccs2)n1)NCC(C)Cc1cccs1.I. The van der Waals surface area contributed by atoms with Crippen LogP contribution in [0.1, 0.15) is 17.5 Å². The highest BCUT2D eigenvalue weighted by atomic mass is 127. The molecule has 1 atom stereocenters. The summed E-state index contributed by atoms with van der Waals surface area (Å²) in [6.45, 7) is 3.69. The van der Waals surface area contributed by atoms with Gasteiger partial charge in [0.1, 0.15) is 6.26 Å². The van der Waals surface area contributed by atoms with Gasteiger partial charge in [-0.25, -0.2) is 4.98 Å². The lowest BCUT2D eigenvalue weighted by Crippen LogP contribution is -2.39. The molecule has 0 fully saturated rings. The van der Waals surface area contributed by atoms with Crippen molar-refractivity contribution in [3.8, 4) is 10.8 Å². The van der Waals surface area contributed by atoms with Crippen molar-refractivity contribution < 1.29 is 4.42 Å². The molecule has 3 rings (SSSR count). The number of nitrogens with zero attached hydrogens (tertiary/aromatic N) is 2. The average Bonchev–Trinajstić information content (AvgIpc) is 3.37. The molecule has 0 saturated heterocycles. The summed E-state index contributed by atoms with van der Waals surface area (Å²) in [6.07, 6.45) is 2.77. The predicted molar refractivity (Wildman–Crippen MR) is 121 cm³/mol. The van der Waals surface area contributed by atoms with Crippen LogP contribution in [-0.2, 0) is 13.0 Å². The van der Waals surface area contributed by atoms with Crippen molar-refractivity contribution in [3.63, 3.8) is 0 Å². The maximum Gasteiger partial charge on any atom is 0.236 e. The predicted octanol–water partition coefficient (Wildman–Crippen LogP) is 4.63. The smallest absolute Gasteiger partial charge is 0.236 e. The molecule has 26 heavy (non-hydrogen) atoms. The number of aromatic nitrogens is 1. The first kappa shape index (κ1) is 20.9. The van der Waals surface area contributed by atoms with E-state index in [0.29, 0.717) is 18.4 Å². The van der Waals surface area contributed by atoms with Gasteiger partial charge in [0.15, 0.2) is 5.96 Å². The molecule has 0 bridgehead atoms. The average molecular weight is 502 g/mol. The molecule has 0 amide bonds. The molecule has 3 aromatic rings. The van der Waals surface area contributed by atoms with E-state index >= 15 is 0 Å². The minimum Gasteiger partial charge on any atom is -0.443 e. The van der Waals surface area contributed by atoms with Gasteiger partial charge < -0.3 is 15.1 Å². The number of hydrogen-bond acceptors (Lipinski definition) is 5. The molecule has 0 spiro atoms. The Morgan fingerprint density at radius 1 is 1.23 bits per heavy atom. The molecule has 1 unspecified atom stereocenters. The number of nitrogens with one attached hydrogen (secondary N) is 2. The van der Waals surface area contributed by atoms with Crippen LogP contribution in [0, 0.1) is 5.92 Å². The summed E-state index contributed by atoms with van der Waals surface area (Å²) in [4.78, 5) is 11.2. The van der Waals surface area contributed by atoms with Crippen molar-refractivity contribution in [1.82, 2.24) is 15.6 Å². The Kier molecular flexibility index (Phi) is 8.60. The van der Waals surface area contributed by atoms with Gasteiger partial charge in [-0.2, -0.15) is 0 Å². The van der Waals surface area contributed by atoms with E-state index in [2.05, 4.69) is 45.0 Å². The van der Waals surface area contributed by atoms with Crippen molar-refractivity contribution in [3.05, 3.63) is 51.9 Å². The van der Waals surface area contributed by atoms with E-state index in [-0.39, 0.29) is 24.0 Å². The summed E-state index contributed by atoms with van der Waals surface area (Å²) in [5.74, 6) is 1.98. The lowest BCUT2D eigenvalue weighted by molar-refractivity contribution is 0.561. The fourth-order valence-electron chi connectivity index (χ4n) is 2.41. The monoisotopic (exact) mass is 502 g/mol. The quantitative estimate of drug-likeness (QED) is 0.281. The van der Waals surface area contributed by atoms with Gasteiger partial charge in [0.05, 0.1) is 17.1 Å². The molecule has 0 aliphatic carbocycles. The Bertz CT molecular complexity index is 784. The van der Waals surface area contributed by atoms with E-state index in [1.54, 1.807) is 24.6 Å². The maximum atomic E-state index is 5.53. The van der Waals surface area contributed by atoms with E-state index < -0.39 is 0 Å². The summed E-state index contributed by atoms with van der Waals surface area (Å²) in [5, 5.41) is 10.8. The minimum absolute atomic E-state index is 0. The van der Waals surface area contributed by atoms with Crippen LogP contribution >= 0.6 is 46.7 Å². The number of hydrogen-bond donors (Lipinski definition) is 2. The second kappa shape index (κ2) is 10.7. The van der Waals surface area contributed by atoms with E-state index in [1.165, 1.54) is 4.88 Å². The molecule has 0 aliphatic heterocycles. The zero-order valence-corrected chi connectivity index (χ0v) is 18.7. The van der Waals surface area contributed by atoms with E-state index in [9.17, 15) is 0 Å². The number of thiophene rings is 2. The van der Waals surface area contributed by atoms with Gasteiger partial charge in [-0.3, -0.25) is 4.99 Å². The summed E-state index contributed by atoms with van der Waals surface area (Å²) in [5.41, 5.74) is 0.859. The molecule has 140 valence electrons. The fourth-order valence-corrected chi connectivity index (χ4v) is 3.94. The third-order valence-electron chi connectivity index (χ3n) is 3.69. The standard InChI is InChI=1S/C18H22N4OS2.HI/c1-13(9-15-5-3-7-24-15)10-20-18(19-2)21-11-14-12-23-17(22-14)16-6-4-8-25-16;/h3-8,12-13H,9-11H2,1-2H3,(H2,19,20,21);1H. The highest BCUT2D eigenvalue weighted by Gasteiger charge is 2.09. The zero-order valence-electron chi connectivity index (χ0n) is 14.8. The lowest BCUT2D eigenvalue weighted by Gasteiger charge is -2.15. The van der Waals surface area contributed by atoms with Gasteiger partial charge in [0.25, 0.3) is 0 Å². The number of rotatable bonds is 7. The van der Waals surface area contributed by atoms with Gasteiger partial charge in [0, 0.05) is 18.5 Å². The topological polar surface area (TPSA) is 62.5 Å². The second-order valence-electron chi connectivity index (χ2n) is 5.82. The number of halogens is 1. The van der Waals surface area contributed by atoms with Gasteiger partial charge in [-0.15, -0.1) is 46.7 Å². The Hall–Kier alpha value is -1.39. The first-order valence-corrected chi connectivity index (χ1v) is 9.95. The van der Waals surface area contributed by atoms with E-state index in [1.807, 2.05) is 28.8 Å². The molecule has 0 aromatic carbocycles. The Labute approximate surface area is 179 Å². The molecule has 8 heteroatoms.